The molecule has 0 bridgehead atoms. The van der Waals surface area contributed by atoms with Crippen molar-refractivity contribution in [2.45, 2.75) is 52.9 Å². The third kappa shape index (κ3) is 8.36. The van der Waals surface area contributed by atoms with Crippen LogP contribution in [0, 0.1) is 0 Å². The zero-order valence-electron chi connectivity index (χ0n) is 23.9. The quantitative estimate of drug-likeness (QED) is 0.172. The molecule has 0 spiro atoms. The van der Waals surface area contributed by atoms with Crippen LogP contribution in [-0.4, -0.2) is 50.1 Å². The minimum absolute atomic E-state index is 0.118. The molecule has 204 valence electrons. The van der Waals surface area contributed by atoms with Gasteiger partial charge in [-0.3, -0.25) is 5.43 Å². The standard InChI is InChI=1S/C30H41N5O3/c1-9-36-26-18-22(20-31-34-27-19-28(35(7)8)33-29(32-27)21(2)3)10-15-25(26)38-17-16-37-24-13-11-23(12-14-24)30(4,5)6/h10-15,18-21H,9,16-17H2,1-8H3,(H,32,33,34)/b31-20-. The summed E-state index contributed by atoms with van der Waals surface area (Å²) in [5.74, 6) is 4.59. The second-order valence-corrected chi connectivity index (χ2v) is 10.5. The number of rotatable bonds is 12. The van der Waals surface area contributed by atoms with Crippen LogP contribution in [0.4, 0.5) is 11.6 Å². The fraction of sp³-hybridized carbons (Fsp3) is 0.433. The number of hydrazone groups is 1. The predicted molar refractivity (Wildman–Crippen MR) is 155 cm³/mol. The Labute approximate surface area is 227 Å². The molecule has 0 radical (unpaired) electrons. The van der Waals surface area contributed by atoms with Crippen LogP contribution in [0.3, 0.4) is 0 Å². The average molecular weight is 520 g/mol. The van der Waals surface area contributed by atoms with Gasteiger partial charge in [0.15, 0.2) is 17.3 Å². The van der Waals surface area contributed by atoms with Crippen LogP contribution in [-0.2, 0) is 5.41 Å². The highest BCUT2D eigenvalue weighted by molar-refractivity contribution is 5.81. The van der Waals surface area contributed by atoms with E-state index in [1.54, 1.807) is 6.21 Å². The first-order chi connectivity index (χ1) is 18.1. The minimum Gasteiger partial charge on any atom is -0.490 e. The van der Waals surface area contributed by atoms with E-state index in [2.05, 4.69) is 67.2 Å². The molecular weight excluding hydrogens is 478 g/mol. The van der Waals surface area contributed by atoms with E-state index < -0.39 is 0 Å². The molecule has 0 unspecified atom stereocenters. The largest absolute Gasteiger partial charge is 0.490 e. The molecule has 0 aliphatic carbocycles. The van der Waals surface area contributed by atoms with Gasteiger partial charge >= 0.3 is 0 Å². The van der Waals surface area contributed by atoms with E-state index in [4.69, 9.17) is 14.2 Å². The van der Waals surface area contributed by atoms with Gasteiger partial charge in [0.25, 0.3) is 0 Å². The van der Waals surface area contributed by atoms with Crippen molar-refractivity contribution in [2.24, 2.45) is 5.10 Å². The number of ether oxygens (including phenoxy) is 3. The van der Waals surface area contributed by atoms with Crippen LogP contribution >= 0.6 is 0 Å². The van der Waals surface area contributed by atoms with E-state index in [1.807, 2.05) is 62.3 Å². The van der Waals surface area contributed by atoms with Gasteiger partial charge in [0.05, 0.1) is 12.8 Å². The van der Waals surface area contributed by atoms with Crippen LogP contribution in [0.25, 0.3) is 0 Å². The number of anilines is 2. The monoisotopic (exact) mass is 519 g/mol. The van der Waals surface area contributed by atoms with E-state index >= 15 is 0 Å². The zero-order valence-corrected chi connectivity index (χ0v) is 23.9. The highest BCUT2D eigenvalue weighted by Crippen LogP contribution is 2.28. The lowest BCUT2D eigenvalue weighted by Crippen LogP contribution is -2.13. The van der Waals surface area contributed by atoms with Crippen molar-refractivity contribution in [1.82, 2.24) is 9.97 Å². The molecule has 0 saturated carbocycles. The van der Waals surface area contributed by atoms with Crippen molar-refractivity contribution < 1.29 is 14.2 Å². The molecule has 0 saturated heterocycles. The van der Waals surface area contributed by atoms with E-state index in [9.17, 15) is 0 Å². The van der Waals surface area contributed by atoms with Crippen molar-refractivity contribution >= 4 is 17.9 Å². The molecule has 8 nitrogen and oxygen atoms in total. The lowest BCUT2D eigenvalue weighted by molar-refractivity contribution is 0.208. The van der Waals surface area contributed by atoms with Crippen LogP contribution in [0.1, 0.15) is 64.4 Å². The fourth-order valence-corrected chi connectivity index (χ4v) is 3.52. The number of benzene rings is 2. The maximum absolute atomic E-state index is 5.96. The molecule has 1 heterocycles. The zero-order chi connectivity index (χ0) is 27.7. The topological polar surface area (TPSA) is 81.1 Å². The van der Waals surface area contributed by atoms with E-state index in [0.717, 1.165) is 23.0 Å². The molecule has 1 N–H and O–H groups in total. The number of nitrogens with zero attached hydrogens (tertiary/aromatic N) is 4. The Bertz CT molecular complexity index is 1180. The second kappa shape index (κ2) is 13.1. The van der Waals surface area contributed by atoms with E-state index in [1.165, 1.54) is 5.56 Å². The van der Waals surface area contributed by atoms with Crippen LogP contribution in [0.2, 0.25) is 0 Å². The summed E-state index contributed by atoms with van der Waals surface area (Å²) in [6.07, 6.45) is 1.73. The highest BCUT2D eigenvalue weighted by Gasteiger charge is 2.13. The smallest absolute Gasteiger partial charge is 0.161 e. The SMILES string of the molecule is CCOc1cc(/C=N\Nc2cc(N(C)C)nc(C(C)C)n2)ccc1OCCOc1ccc(C(C)(C)C)cc1. The molecule has 3 aromatic rings. The van der Waals surface area contributed by atoms with Crippen molar-refractivity contribution in [3.05, 3.63) is 65.5 Å². The summed E-state index contributed by atoms with van der Waals surface area (Å²) in [5.41, 5.74) is 5.28. The number of aromatic nitrogens is 2. The van der Waals surface area contributed by atoms with Crippen molar-refractivity contribution in [3.63, 3.8) is 0 Å². The molecule has 0 atom stereocenters. The lowest BCUT2D eigenvalue weighted by Gasteiger charge is -2.19. The number of hydrogen-bond acceptors (Lipinski definition) is 8. The van der Waals surface area contributed by atoms with E-state index in [0.29, 0.717) is 37.1 Å². The first kappa shape index (κ1) is 28.8. The van der Waals surface area contributed by atoms with Crippen LogP contribution < -0.4 is 24.5 Å². The summed E-state index contributed by atoms with van der Waals surface area (Å²) in [6, 6.07) is 15.8. The van der Waals surface area contributed by atoms with Gasteiger partial charge in [0.2, 0.25) is 0 Å². The maximum atomic E-state index is 5.96. The number of hydrogen-bond donors (Lipinski definition) is 1. The summed E-state index contributed by atoms with van der Waals surface area (Å²) in [6.45, 7) is 14.0. The molecular formula is C30H41N5O3. The van der Waals surface area contributed by atoms with Gasteiger partial charge < -0.3 is 19.1 Å². The fourth-order valence-electron chi connectivity index (χ4n) is 3.52. The molecule has 0 fully saturated rings. The molecule has 0 amide bonds. The third-order valence-corrected chi connectivity index (χ3v) is 5.69. The molecule has 8 heteroatoms. The van der Waals surface area contributed by atoms with Crippen molar-refractivity contribution in [3.8, 4) is 17.2 Å². The molecule has 0 aliphatic rings. The normalized spacial score (nSPS) is 11.6. The van der Waals surface area contributed by atoms with Gasteiger partial charge in [-0.2, -0.15) is 5.10 Å². The van der Waals surface area contributed by atoms with Gasteiger partial charge in [-0.15, -0.1) is 0 Å². The van der Waals surface area contributed by atoms with E-state index in [-0.39, 0.29) is 11.3 Å². The van der Waals surface area contributed by atoms with Gasteiger partial charge in [-0.25, -0.2) is 9.97 Å². The molecule has 38 heavy (non-hydrogen) atoms. The van der Waals surface area contributed by atoms with Gasteiger partial charge in [-0.1, -0.05) is 46.8 Å². The highest BCUT2D eigenvalue weighted by atomic mass is 16.5. The average Bonchev–Trinajstić information content (AvgIpc) is 2.87. The Kier molecular flexibility index (Phi) is 9.93. The van der Waals surface area contributed by atoms with Crippen LogP contribution in [0.15, 0.2) is 53.6 Å². The summed E-state index contributed by atoms with van der Waals surface area (Å²) in [7, 11) is 3.91. The summed E-state index contributed by atoms with van der Waals surface area (Å²) in [5, 5.41) is 4.37. The lowest BCUT2D eigenvalue weighted by atomic mass is 9.87. The maximum Gasteiger partial charge on any atom is 0.161 e. The Hall–Kier alpha value is -3.81. The summed E-state index contributed by atoms with van der Waals surface area (Å²) < 4.78 is 17.6. The molecule has 1 aromatic heterocycles. The van der Waals surface area contributed by atoms with Crippen LogP contribution in [0.5, 0.6) is 17.2 Å². The van der Waals surface area contributed by atoms with Crippen molar-refractivity contribution in [1.29, 1.82) is 0 Å². The summed E-state index contributed by atoms with van der Waals surface area (Å²) in [4.78, 5) is 11.1. The summed E-state index contributed by atoms with van der Waals surface area (Å²) >= 11 is 0. The number of nitrogens with one attached hydrogen (secondary N) is 1. The molecule has 0 aliphatic heterocycles. The Balaban J connectivity index is 1.59. The van der Waals surface area contributed by atoms with Gasteiger partial charge in [-0.05, 0) is 53.8 Å². The Morgan fingerprint density at radius 3 is 2.26 bits per heavy atom. The van der Waals surface area contributed by atoms with Gasteiger partial charge in [0.1, 0.15) is 30.6 Å². The van der Waals surface area contributed by atoms with Crippen molar-refractivity contribution in [2.75, 3.05) is 44.2 Å². The Morgan fingerprint density at radius 1 is 0.921 bits per heavy atom. The first-order valence-corrected chi connectivity index (χ1v) is 13.0. The molecule has 3 rings (SSSR count). The predicted octanol–water partition coefficient (Wildman–Crippen LogP) is 6.27. The first-order valence-electron chi connectivity index (χ1n) is 13.0. The third-order valence-electron chi connectivity index (χ3n) is 5.69. The Morgan fingerprint density at radius 2 is 1.63 bits per heavy atom. The molecule has 2 aromatic carbocycles. The minimum atomic E-state index is 0.118. The van der Waals surface area contributed by atoms with Gasteiger partial charge in [0, 0.05) is 26.1 Å². The second-order valence-electron chi connectivity index (χ2n) is 10.5.